The minimum atomic E-state index is 0.164. The van der Waals surface area contributed by atoms with E-state index in [1.54, 1.807) is 0 Å². The summed E-state index contributed by atoms with van der Waals surface area (Å²) >= 11 is 0. The maximum Gasteiger partial charge on any atom is 0.0691 e. The van der Waals surface area contributed by atoms with Crippen LogP contribution in [0.4, 0.5) is 0 Å². The van der Waals surface area contributed by atoms with E-state index < -0.39 is 0 Å². The highest BCUT2D eigenvalue weighted by Gasteiger charge is 2.21. The minimum absolute atomic E-state index is 0.164. The molecule has 0 saturated carbocycles. The normalized spacial score (nSPS) is 14.7. The van der Waals surface area contributed by atoms with Crippen LogP contribution in [-0.2, 0) is 0 Å². The molecule has 104 valence electrons. The zero-order chi connectivity index (χ0) is 14.3. The van der Waals surface area contributed by atoms with Gasteiger partial charge < -0.3 is 0 Å². The van der Waals surface area contributed by atoms with Gasteiger partial charge in [0.1, 0.15) is 0 Å². The van der Waals surface area contributed by atoms with E-state index in [0.717, 1.165) is 19.3 Å². The first-order chi connectivity index (χ1) is 8.96. The van der Waals surface area contributed by atoms with E-state index >= 15 is 0 Å². The SMILES string of the molecule is C#CC(CCC)NC(CC(C)(C)C)c1ccccc1. The first kappa shape index (κ1) is 15.8. The summed E-state index contributed by atoms with van der Waals surface area (Å²) < 4.78 is 0. The highest BCUT2D eigenvalue weighted by molar-refractivity contribution is 5.20. The Kier molecular flexibility index (Phi) is 6.12. The van der Waals surface area contributed by atoms with Gasteiger partial charge in [0.15, 0.2) is 0 Å². The summed E-state index contributed by atoms with van der Waals surface area (Å²) in [6.45, 7) is 8.99. The average molecular weight is 257 g/mol. The zero-order valence-electron chi connectivity index (χ0n) is 12.7. The molecule has 0 amide bonds. The fourth-order valence-corrected chi connectivity index (χ4v) is 2.32. The minimum Gasteiger partial charge on any atom is -0.297 e. The van der Waals surface area contributed by atoms with Crippen molar-refractivity contribution < 1.29 is 0 Å². The average Bonchev–Trinajstić information content (AvgIpc) is 2.36. The fraction of sp³-hybridized carbons (Fsp3) is 0.556. The third-order valence-electron chi connectivity index (χ3n) is 3.20. The molecule has 19 heavy (non-hydrogen) atoms. The summed E-state index contributed by atoms with van der Waals surface area (Å²) in [7, 11) is 0. The highest BCUT2D eigenvalue weighted by atomic mass is 14.9. The number of nitrogens with one attached hydrogen (secondary N) is 1. The molecule has 1 aromatic carbocycles. The van der Waals surface area contributed by atoms with E-state index in [1.807, 2.05) is 0 Å². The van der Waals surface area contributed by atoms with Crippen LogP contribution in [0.15, 0.2) is 30.3 Å². The molecule has 0 aliphatic carbocycles. The molecule has 1 aromatic rings. The third kappa shape index (κ3) is 5.94. The lowest BCUT2D eigenvalue weighted by Crippen LogP contribution is -2.34. The van der Waals surface area contributed by atoms with Crippen molar-refractivity contribution in [2.75, 3.05) is 0 Å². The maximum absolute atomic E-state index is 5.64. The van der Waals surface area contributed by atoms with Crippen molar-refractivity contribution in [1.29, 1.82) is 0 Å². The molecule has 0 bridgehead atoms. The second-order valence-electron chi connectivity index (χ2n) is 6.40. The van der Waals surface area contributed by atoms with E-state index in [9.17, 15) is 0 Å². The summed E-state index contributed by atoms with van der Waals surface area (Å²) in [5.41, 5.74) is 1.60. The van der Waals surface area contributed by atoms with Crippen LogP contribution in [0.2, 0.25) is 0 Å². The van der Waals surface area contributed by atoms with Gasteiger partial charge in [0.25, 0.3) is 0 Å². The molecule has 1 rings (SSSR count). The van der Waals surface area contributed by atoms with Crippen molar-refractivity contribution >= 4 is 0 Å². The lowest BCUT2D eigenvalue weighted by atomic mass is 9.85. The molecule has 0 aliphatic heterocycles. The van der Waals surface area contributed by atoms with E-state index in [-0.39, 0.29) is 11.5 Å². The smallest absolute Gasteiger partial charge is 0.0691 e. The van der Waals surface area contributed by atoms with Gasteiger partial charge in [-0.05, 0) is 23.8 Å². The van der Waals surface area contributed by atoms with Crippen molar-refractivity contribution in [2.45, 2.75) is 59.0 Å². The van der Waals surface area contributed by atoms with Gasteiger partial charge in [-0.15, -0.1) is 6.42 Å². The van der Waals surface area contributed by atoms with Gasteiger partial charge >= 0.3 is 0 Å². The molecule has 0 spiro atoms. The van der Waals surface area contributed by atoms with Crippen LogP contribution in [0.3, 0.4) is 0 Å². The van der Waals surface area contributed by atoms with Gasteiger partial charge in [0, 0.05) is 6.04 Å². The fourth-order valence-electron chi connectivity index (χ4n) is 2.32. The number of hydrogen-bond acceptors (Lipinski definition) is 1. The zero-order valence-corrected chi connectivity index (χ0v) is 12.7. The second kappa shape index (κ2) is 7.36. The van der Waals surface area contributed by atoms with Crippen LogP contribution in [0, 0.1) is 17.8 Å². The van der Waals surface area contributed by atoms with Gasteiger partial charge in [0.2, 0.25) is 0 Å². The molecule has 1 heteroatoms. The van der Waals surface area contributed by atoms with E-state index in [4.69, 9.17) is 6.42 Å². The van der Waals surface area contributed by atoms with Gasteiger partial charge in [0.05, 0.1) is 6.04 Å². The quantitative estimate of drug-likeness (QED) is 0.737. The van der Waals surface area contributed by atoms with Crippen molar-refractivity contribution in [1.82, 2.24) is 5.32 Å². The molecule has 1 N–H and O–H groups in total. The van der Waals surface area contributed by atoms with Crippen LogP contribution in [0.25, 0.3) is 0 Å². The third-order valence-corrected chi connectivity index (χ3v) is 3.20. The molecule has 0 saturated heterocycles. The summed E-state index contributed by atoms with van der Waals surface area (Å²) in [5.74, 6) is 2.88. The molecular weight excluding hydrogens is 230 g/mol. The van der Waals surface area contributed by atoms with Crippen molar-refractivity contribution in [3.8, 4) is 12.3 Å². The van der Waals surface area contributed by atoms with Gasteiger partial charge in [-0.25, -0.2) is 0 Å². The molecule has 2 unspecified atom stereocenters. The van der Waals surface area contributed by atoms with Crippen molar-refractivity contribution in [3.05, 3.63) is 35.9 Å². The Morgan fingerprint density at radius 2 is 1.84 bits per heavy atom. The monoisotopic (exact) mass is 257 g/mol. The molecule has 2 atom stereocenters. The topological polar surface area (TPSA) is 12.0 Å². The molecule has 0 radical (unpaired) electrons. The number of hydrogen-bond donors (Lipinski definition) is 1. The summed E-state index contributed by atoms with van der Waals surface area (Å²) in [5, 5.41) is 3.64. The van der Waals surface area contributed by atoms with Gasteiger partial charge in [-0.3, -0.25) is 5.32 Å². The summed E-state index contributed by atoms with van der Waals surface area (Å²) in [4.78, 5) is 0. The Balaban J connectivity index is 2.84. The van der Waals surface area contributed by atoms with Crippen molar-refractivity contribution in [2.24, 2.45) is 5.41 Å². The lowest BCUT2D eigenvalue weighted by molar-refractivity contribution is 0.300. The first-order valence-corrected chi connectivity index (χ1v) is 7.23. The predicted molar refractivity (Wildman–Crippen MR) is 83.9 cm³/mol. The van der Waals surface area contributed by atoms with E-state index in [0.29, 0.717) is 6.04 Å². The van der Waals surface area contributed by atoms with Crippen LogP contribution in [0.5, 0.6) is 0 Å². The molecule has 0 heterocycles. The Hall–Kier alpha value is -1.26. The van der Waals surface area contributed by atoms with E-state index in [2.05, 4.69) is 69.3 Å². The van der Waals surface area contributed by atoms with Gasteiger partial charge in [-0.1, -0.05) is 70.4 Å². The Morgan fingerprint density at radius 3 is 2.32 bits per heavy atom. The number of rotatable bonds is 6. The highest BCUT2D eigenvalue weighted by Crippen LogP contribution is 2.29. The Bertz CT molecular complexity index is 394. The number of benzene rings is 1. The molecular formula is C18H27N. The maximum atomic E-state index is 5.64. The molecule has 1 nitrogen and oxygen atoms in total. The first-order valence-electron chi connectivity index (χ1n) is 7.23. The van der Waals surface area contributed by atoms with Gasteiger partial charge in [-0.2, -0.15) is 0 Å². The summed E-state index contributed by atoms with van der Waals surface area (Å²) in [6.07, 6.45) is 8.86. The predicted octanol–water partition coefficient (Wildman–Crippen LogP) is 4.56. The summed E-state index contributed by atoms with van der Waals surface area (Å²) in [6, 6.07) is 11.1. The Labute approximate surface area is 118 Å². The van der Waals surface area contributed by atoms with Crippen LogP contribution < -0.4 is 5.32 Å². The van der Waals surface area contributed by atoms with Crippen LogP contribution >= 0.6 is 0 Å². The standard InChI is InChI=1S/C18H27N/c1-6-11-16(7-2)19-17(14-18(3,4)5)15-12-9-8-10-13-15/h2,8-10,12-13,16-17,19H,6,11,14H2,1,3-5H3. The molecule has 0 aromatic heterocycles. The molecule has 0 fully saturated rings. The van der Waals surface area contributed by atoms with Crippen molar-refractivity contribution in [3.63, 3.8) is 0 Å². The molecule has 0 aliphatic rings. The van der Waals surface area contributed by atoms with E-state index in [1.165, 1.54) is 5.56 Å². The Morgan fingerprint density at radius 1 is 1.21 bits per heavy atom. The van der Waals surface area contributed by atoms with Crippen LogP contribution in [-0.4, -0.2) is 6.04 Å². The van der Waals surface area contributed by atoms with Crippen LogP contribution in [0.1, 0.15) is 58.6 Å². The lowest BCUT2D eigenvalue weighted by Gasteiger charge is -2.29. The number of terminal acetylenes is 1. The largest absolute Gasteiger partial charge is 0.297 e. The second-order valence-corrected chi connectivity index (χ2v) is 6.40.